The Morgan fingerprint density at radius 2 is 2.05 bits per heavy atom. The fourth-order valence-corrected chi connectivity index (χ4v) is 2.88. The van der Waals surface area contributed by atoms with Gasteiger partial charge in [0.25, 0.3) is 0 Å². The van der Waals surface area contributed by atoms with Crippen molar-refractivity contribution in [1.82, 2.24) is 4.31 Å². The van der Waals surface area contributed by atoms with Gasteiger partial charge >= 0.3 is 0 Å². The quantitative estimate of drug-likeness (QED) is 0.699. The lowest BCUT2D eigenvalue weighted by molar-refractivity contribution is -0.116. The van der Waals surface area contributed by atoms with Gasteiger partial charge in [0.1, 0.15) is 0 Å². The summed E-state index contributed by atoms with van der Waals surface area (Å²) < 4.78 is 29.6. The molecule has 0 aromatic heterocycles. The van der Waals surface area contributed by atoms with Crippen LogP contribution in [-0.2, 0) is 19.6 Å². The molecule has 0 atom stereocenters. The molecule has 1 aromatic carbocycles. The predicted molar refractivity (Wildman–Crippen MR) is 87.3 cm³/mol. The zero-order valence-corrected chi connectivity index (χ0v) is 14.1. The molecule has 0 heterocycles. The van der Waals surface area contributed by atoms with E-state index in [4.69, 9.17) is 4.74 Å². The predicted octanol–water partition coefficient (Wildman–Crippen LogP) is 1.62. The molecule has 0 aliphatic heterocycles. The van der Waals surface area contributed by atoms with Crippen LogP contribution in [0.5, 0.6) is 0 Å². The van der Waals surface area contributed by atoms with E-state index in [0.29, 0.717) is 19.6 Å². The van der Waals surface area contributed by atoms with Crippen LogP contribution in [0.2, 0.25) is 0 Å². The van der Waals surface area contributed by atoms with Gasteiger partial charge in [-0.3, -0.25) is 4.79 Å². The van der Waals surface area contributed by atoms with Crippen molar-refractivity contribution in [2.24, 2.45) is 0 Å². The molecule has 0 bridgehead atoms. The van der Waals surface area contributed by atoms with Crippen molar-refractivity contribution < 1.29 is 17.9 Å². The third kappa shape index (κ3) is 7.02. The van der Waals surface area contributed by atoms with E-state index in [1.165, 1.54) is 4.31 Å². The number of benzene rings is 1. The minimum atomic E-state index is -3.32. The van der Waals surface area contributed by atoms with Crippen LogP contribution in [0.1, 0.15) is 18.4 Å². The Bertz CT molecular complexity index is 587. The molecule has 124 valence electrons. The molecule has 1 aromatic rings. The van der Waals surface area contributed by atoms with E-state index >= 15 is 0 Å². The first-order valence-corrected chi connectivity index (χ1v) is 8.98. The largest absolute Gasteiger partial charge is 0.385 e. The van der Waals surface area contributed by atoms with Gasteiger partial charge in [0.2, 0.25) is 15.9 Å². The highest BCUT2D eigenvalue weighted by Gasteiger charge is 2.17. The molecule has 0 saturated heterocycles. The van der Waals surface area contributed by atoms with Gasteiger partial charge in [-0.1, -0.05) is 12.1 Å². The lowest BCUT2D eigenvalue weighted by Gasteiger charge is -2.19. The van der Waals surface area contributed by atoms with Crippen LogP contribution in [0.25, 0.3) is 0 Å². The standard InChI is InChI=1S/C15H24N2O4S/c1-13-6-4-7-14(12-13)16-15(18)8-10-17(22(3,19)20)9-5-11-21-2/h4,6-7,12H,5,8-11H2,1-3H3,(H,16,18). The first-order chi connectivity index (χ1) is 10.3. The van der Waals surface area contributed by atoms with Crippen LogP contribution in [0.15, 0.2) is 24.3 Å². The second kappa shape index (κ2) is 8.87. The number of ether oxygens (including phenoxy) is 1. The molecule has 0 saturated carbocycles. The number of nitrogens with zero attached hydrogens (tertiary/aromatic N) is 1. The van der Waals surface area contributed by atoms with Crippen LogP contribution < -0.4 is 5.32 Å². The molecule has 6 nitrogen and oxygen atoms in total. The molecule has 0 aliphatic carbocycles. The van der Waals surface area contributed by atoms with Crippen LogP contribution in [0.3, 0.4) is 0 Å². The van der Waals surface area contributed by atoms with E-state index < -0.39 is 10.0 Å². The van der Waals surface area contributed by atoms with Crippen molar-refractivity contribution in [3.63, 3.8) is 0 Å². The topological polar surface area (TPSA) is 75.7 Å². The number of hydrogen-bond acceptors (Lipinski definition) is 4. The molecule has 1 N–H and O–H groups in total. The first-order valence-electron chi connectivity index (χ1n) is 7.13. The minimum absolute atomic E-state index is 0.119. The Morgan fingerprint density at radius 3 is 2.64 bits per heavy atom. The molecule has 7 heteroatoms. The highest BCUT2D eigenvalue weighted by atomic mass is 32.2. The van der Waals surface area contributed by atoms with Gasteiger partial charge < -0.3 is 10.1 Å². The number of anilines is 1. The van der Waals surface area contributed by atoms with E-state index in [9.17, 15) is 13.2 Å². The smallest absolute Gasteiger partial charge is 0.225 e. The second-order valence-electron chi connectivity index (χ2n) is 5.18. The number of carbonyl (C=O) groups is 1. The van der Waals surface area contributed by atoms with Gasteiger partial charge in [-0.2, -0.15) is 0 Å². The van der Waals surface area contributed by atoms with Crippen molar-refractivity contribution in [3.8, 4) is 0 Å². The lowest BCUT2D eigenvalue weighted by Crippen LogP contribution is -2.34. The minimum Gasteiger partial charge on any atom is -0.385 e. The summed E-state index contributed by atoms with van der Waals surface area (Å²) in [7, 11) is -1.75. The molecular formula is C15H24N2O4S. The Balaban J connectivity index is 2.51. The molecule has 0 unspecified atom stereocenters. The van der Waals surface area contributed by atoms with Gasteiger partial charge in [0, 0.05) is 38.9 Å². The number of hydrogen-bond donors (Lipinski definition) is 1. The Morgan fingerprint density at radius 1 is 1.32 bits per heavy atom. The van der Waals surface area contributed by atoms with E-state index in [-0.39, 0.29) is 18.9 Å². The van der Waals surface area contributed by atoms with E-state index in [2.05, 4.69) is 5.32 Å². The van der Waals surface area contributed by atoms with Crippen LogP contribution in [0.4, 0.5) is 5.69 Å². The molecule has 0 radical (unpaired) electrons. The molecule has 0 spiro atoms. The third-order valence-corrected chi connectivity index (χ3v) is 4.42. The number of methoxy groups -OCH3 is 1. The maximum Gasteiger partial charge on any atom is 0.225 e. The number of sulfonamides is 1. The van der Waals surface area contributed by atoms with Gasteiger partial charge in [0.15, 0.2) is 0 Å². The molecule has 0 aliphatic rings. The summed E-state index contributed by atoms with van der Waals surface area (Å²) in [6.45, 7) is 2.95. The monoisotopic (exact) mass is 328 g/mol. The maximum absolute atomic E-state index is 11.9. The van der Waals surface area contributed by atoms with E-state index in [0.717, 1.165) is 17.5 Å². The molecule has 1 amide bonds. The molecule has 1 rings (SSSR count). The van der Waals surface area contributed by atoms with Gasteiger partial charge in [0.05, 0.1) is 6.26 Å². The summed E-state index contributed by atoms with van der Waals surface area (Å²) in [5.41, 5.74) is 1.77. The number of rotatable bonds is 9. The van der Waals surface area contributed by atoms with Crippen molar-refractivity contribution >= 4 is 21.6 Å². The Hall–Kier alpha value is -1.44. The fourth-order valence-electron chi connectivity index (χ4n) is 2.00. The van der Waals surface area contributed by atoms with Gasteiger partial charge in [-0.25, -0.2) is 12.7 Å². The van der Waals surface area contributed by atoms with Crippen LogP contribution in [0, 0.1) is 6.92 Å². The van der Waals surface area contributed by atoms with Crippen molar-refractivity contribution in [1.29, 1.82) is 0 Å². The molecule has 0 fully saturated rings. The Labute approximate surface area is 132 Å². The second-order valence-corrected chi connectivity index (χ2v) is 7.16. The third-order valence-electron chi connectivity index (χ3n) is 3.12. The summed E-state index contributed by atoms with van der Waals surface area (Å²) in [5, 5.41) is 2.77. The first kappa shape index (κ1) is 18.6. The summed E-state index contributed by atoms with van der Waals surface area (Å²) in [5.74, 6) is -0.203. The average molecular weight is 328 g/mol. The summed E-state index contributed by atoms with van der Waals surface area (Å²) >= 11 is 0. The average Bonchev–Trinajstić information content (AvgIpc) is 2.41. The summed E-state index contributed by atoms with van der Waals surface area (Å²) in [4.78, 5) is 11.9. The fraction of sp³-hybridized carbons (Fsp3) is 0.533. The van der Waals surface area contributed by atoms with E-state index in [1.54, 1.807) is 13.2 Å². The van der Waals surface area contributed by atoms with E-state index in [1.807, 2.05) is 25.1 Å². The lowest BCUT2D eigenvalue weighted by atomic mass is 10.2. The highest BCUT2D eigenvalue weighted by molar-refractivity contribution is 7.88. The number of amides is 1. The molecule has 22 heavy (non-hydrogen) atoms. The van der Waals surface area contributed by atoms with Crippen molar-refractivity contribution in [2.45, 2.75) is 19.8 Å². The Kier molecular flexibility index (Phi) is 7.50. The number of aryl methyl sites for hydroxylation is 1. The normalized spacial score (nSPS) is 11.6. The summed E-state index contributed by atoms with van der Waals surface area (Å²) in [6.07, 6.45) is 1.87. The van der Waals surface area contributed by atoms with Crippen molar-refractivity contribution in [2.75, 3.05) is 38.4 Å². The van der Waals surface area contributed by atoms with Crippen LogP contribution >= 0.6 is 0 Å². The summed E-state index contributed by atoms with van der Waals surface area (Å²) in [6, 6.07) is 7.47. The highest BCUT2D eigenvalue weighted by Crippen LogP contribution is 2.10. The molecular weight excluding hydrogens is 304 g/mol. The number of carbonyl (C=O) groups excluding carboxylic acids is 1. The van der Waals surface area contributed by atoms with Crippen molar-refractivity contribution in [3.05, 3.63) is 29.8 Å². The SMILES string of the molecule is COCCCN(CCC(=O)Nc1cccc(C)c1)S(C)(=O)=O. The zero-order valence-electron chi connectivity index (χ0n) is 13.3. The maximum atomic E-state index is 11.9. The van der Waals surface area contributed by atoms with Gasteiger partial charge in [-0.05, 0) is 31.0 Å². The van der Waals surface area contributed by atoms with Crippen LogP contribution in [-0.4, -0.2) is 51.7 Å². The van der Waals surface area contributed by atoms with Gasteiger partial charge in [-0.15, -0.1) is 0 Å². The zero-order chi connectivity index (χ0) is 16.6. The number of nitrogens with one attached hydrogen (secondary N) is 1.